The molecule has 0 N–H and O–H groups in total. The van der Waals surface area contributed by atoms with Crippen LogP contribution in [0.2, 0.25) is 13.1 Å². The van der Waals surface area contributed by atoms with Crippen LogP contribution in [0.4, 0.5) is 0 Å². The average molecular weight is 451 g/mol. The summed E-state index contributed by atoms with van der Waals surface area (Å²) in [7, 11) is -0.702. The summed E-state index contributed by atoms with van der Waals surface area (Å²) < 4.78 is 0. The topological polar surface area (TPSA) is 0 Å². The molecule has 0 bridgehead atoms. The Hall–Kier alpha value is -3.55. The molecule has 0 saturated carbocycles. The van der Waals surface area contributed by atoms with Crippen molar-refractivity contribution in [2.75, 3.05) is 0 Å². The van der Waals surface area contributed by atoms with Crippen molar-refractivity contribution < 1.29 is 0 Å². The summed E-state index contributed by atoms with van der Waals surface area (Å²) in [6.45, 7) is 4.90. The van der Waals surface area contributed by atoms with E-state index in [1.54, 1.807) is 10.4 Å². The molecule has 0 aromatic heterocycles. The standard InChI is InChI=1S/C33H26Si/c1-34(2)31-20-29-26-14-8-5-11-23(26)19-30(29)32(27-17-15-21-9-3-6-12-24(21)27)33(31)28-18-16-22-10-4-7-13-25(22)28/h3-20,27-28H,1-2H3. The smallest absolute Gasteiger partial charge is 0.0288 e. The van der Waals surface area contributed by atoms with Crippen LogP contribution < -0.4 is 5.22 Å². The van der Waals surface area contributed by atoms with Crippen molar-refractivity contribution in [2.24, 2.45) is 0 Å². The summed E-state index contributed by atoms with van der Waals surface area (Å²) in [5, 5.41) is 1.42. The van der Waals surface area contributed by atoms with Gasteiger partial charge in [-0.2, -0.15) is 0 Å². The molecule has 0 aliphatic heterocycles. The van der Waals surface area contributed by atoms with Crippen LogP contribution >= 0.6 is 0 Å². The maximum Gasteiger partial charge on any atom is 0.0288 e. The van der Waals surface area contributed by atoms with Crippen LogP contribution in [0.5, 0.6) is 0 Å². The van der Waals surface area contributed by atoms with Crippen LogP contribution in [0.3, 0.4) is 0 Å². The normalized spacial score (nSPS) is 18.3. The summed E-state index contributed by atoms with van der Waals surface area (Å²) in [5.74, 6) is 0.595. The third-order valence-corrected chi connectivity index (χ3v) is 9.25. The van der Waals surface area contributed by atoms with Gasteiger partial charge >= 0.3 is 0 Å². The van der Waals surface area contributed by atoms with Crippen molar-refractivity contribution in [1.82, 2.24) is 0 Å². The van der Waals surface area contributed by atoms with Crippen molar-refractivity contribution in [1.29, 1.82) is 0 Å². The van der Waals surface area contributed by atoms with Gasteiger partial charge in [-0.15, -0.1) is 0 Å². The van der Waals surface area contributed by atoms with E-state index in [4.69, 9.17) is 0 Å². The summed E-state index contributed by atoms with van der Waals surface area (Å²) in [5.41, 5.74) is 12.8. The molecule has 0 radical (unpaired) electrons. The second kappa shape index (κ2) is 7.48. The van der Waals surface area contributed by atoms with Crippen LogP contribution in [0.15, 0.2) is 91.0 Å². The van der Waals surface area contributed by atoms with Gasteiger partial charge in [0, 0.05) is 20.2 Å². The first-order valence-electron chi connectivity index (χ1n) is 12.2. The van der Waals surface area contributed by atoms with Crippen molar-refractivity contribution >= 4 is 26.6 Å². The van der Waals surface area contributed by atoms with Gasteiger partial charge in [0.05, 0.1) is 0 Å². The van der Waals surface area contributed by atoms with Gasteiger partial charge in [-0.05, 0) is 66.2 Å². The fraction of sp³-hybridized carbons (Fsp3) is 0.121. The maximum absolute atomic E-state index is 2.55. The molecule has 3 aliphatic rings. The van der Waals surface area contributed by atoms with E-state index in [1.165, 1.54) is 49.7 Å². The Morgan fingerprint density at radius 2 is 1.15 bits per heavy atom. The number of hydrogen-bond acceptors (Lipinski definition) is 0. The molecular formula is C33H26Si. The van der Waals surface area contributed by atoms with Crippen molar-refractivity contribution in [3.8, 4) is 11.1 Å². The van der Waals surface area contributed by atoms with Gasteiger partial charge in [0.25, 0.3) is 0 Å². The average Bonchev–Trinajstić information content (AvgIpc) is 3.57. The van der Waals surface area contributed by atoms with Crippen molar-refractivity contribution in [3.05, 3.63) is 140 Å². The number of rotatable bonds is 2. The van der Waals surface area contributed by atoms with Crippen molar-refractivity contribution in [2.45, 2.75) is 24.9 Å². The summed E-state index contributed by atoms with van der Waals surface area (Å²) in [6.07, 6.45) is 12.0. The molecule has 7 rings (SSSR count). The van der Waals surface area contributed by atoms with E-state index in [-0.39, 0.29) is 5.92 Å². The van der Waals surface area contributed by atoms with Gasteiger partial charge in [-0.3, -0.25) is 0 Å². The molecule has 1 heteroatoms. The van der Waals surface area contributed by atoms with Gasteiger partial charge in [0.2, 0.25) is 0 Å². The maximum atomic E-state index is 2.55. The lowest BCUT2D eigenvalue weighted by Gasteiger charge is -2.24. The van der Waals surface area contributed by atoms with Crippen LogP contribution in [0.25, 0.3) is 29.4 Å². The Morgan fingerprint density at radius 1 is 0.588 bits per heavy atom. The van der Waals surface area contributed by atoms with Crippen LogP contribution in [0.1, 0.15) is 50.8 Å². The molecule has 0 spiro atoms. The molecule has 0 nitrogen and oxygen atoms in total. The molecule has 34 heavy (non-hydrogen) atoms. The third kappa shape index (κ3) is 2.80. The minimum absolute atomic E-state index is 0.285. The Balaban J connectivity index is 1.62. The number of allylic oxidation sites excluding steroid dienone is 2. The minimum atomic E-state index is -0.702. The Morgan fingerprint density at radius 3 is 1.79 bits per heavy atom. The van der Waals surface area contributed by atoms with E-state index < -0.39 is 8.41 Å². The molecule has 0 amide bonds. The molecule has 4 aromatic carbocycles. The van der Waals surface area contributed by atoms with Crippen LogP contribution in [0, 0.1) is 4.81 Å². The molecule has 0 fully saturated rings. The molecule has 2 unspecified atom stereocenters. The molecule has 2 atom stereocenters. The minimum Gasteiger partial charge on any atom is -0.0720 e. The van der Waals surface area contributed by atoms with E-state index >= 15 is 0 Å². The van der Waals surface area contributed by atoms with E-state index in [1.807, 2.05) is 0 Å². The third-order valence-electron chi connectivity index (χ3n) is 7.76. The number of hydrogen-bond donors (Lipinski definition) is 0. The summed E-state index contributed by atoms with van der Waals surface area (Å²) in [4.78, 5) is 1.58. The van der Waals surface area contributed by atoms with Gasteiger partial charge in [0.15, 0.2) is 0 Å². The summed E-state index contributed by atoms with van der Waals surface area (Å²) in [6, 6.07) is 29.3. The highest BCUT2D eigenvalue weighted by molar-refractivity contribution is 6.47. The molecule has 0 heterocycles. The van der Waals surface area contributed by atoms with E-state index in [0.29, 0.717) is 5.92 Å². The van der Waals surface area contributed by atoms with Gasteiger partial charge < -0.3 is 0 Å². The van der Waals surface area contributed by atoms with Gasteiger partial charge in [0.1, 0.15) is 0 Å². The summed E-state index contributed by atoms with van der Waals surface area (Å²) >= 11 is 0. The molecule has 0 saturated heterocycles. The Kier molecular flexibility index (Phi) is 4.37. The number of benzene rings is 4. The lowest BCUT2D eigenvalue weighted by molar-refractivity contribution is 0.942. The molecule has 162 valence electrons. The second-order valence-corrected chi connectivity index (χ2v) is 12.4. The van der Waals surface area contributed by atoms with E-state index in [9.17, 15) is 0 Å². The predicted molar refractivity (Wildman–Crippen MR) is 146 cm³/mol. The quantitative estimate of drug-likeness (QED) is 0.246. The van der Waals surface area contributed by atoms with Crippen LogP contribution in [-0.2, 0) is 0 Å². The second-order valence-electron chi connectivity index (χ2n) is 9.88. The highest BCUT2D eigenvalue weighted by Crippen LogP contribution is 2.44. The fourth-order valence-corrected chi connectivity index (χ4v) is 7.49. The Labute approximate surface area is 202 Å². The lowest BCUT2D eigenvalue weighted by atomic mass is 9.80. The molecular weight excluding hydrogens is 424 g/mol. The highest BCUT2D eigenvalue weighted by atomic mass is 28.2. The first-order valence-corrected chi connectivity index (χ1v) is 14.7. The zero-order valence-corrected chi connectivity index (χ0v) is 20.5. The van der Waals surface area contributed by atoms with Crippen molar-refractivity contribution in [3.63, 3.8) is 0 Å². The SMILES string of the molecule is C[Si](C)=c1cc2c(c(C3C=Cc4ccccc43)c1C1C=Cc3ccccc31)=Cc1ccccc1-2. The first kappa shape index (κ1) is 19.9. The fourth-order valence-electron chi connectivity index (χ4n) is 6.22. The zero-order chi connectivity index (χ0) is 22.8. The Bertz CT molecular complexity index is 1680. The van der Waals surface area contributed by atoms with E-state index in [0.717, 1.165) is 0 Å². The monoisotopic (exact) mass is 450 g/mol. The zero-order valence-electron chi connectivity index (χ0n) is 19.5. The van der Waals surface area contributed by atoms with Gasteiger partial charge in [-0.1, -0.05) is 116 Å². The lowest BCUT2D eigenvalue weighted by Crippen LogP contribution is -2.20. The van der Waals surface area contributed by atoms with Crippen LogP contribution in [-0.4, -0.2) is 8.41 Å². The molecule has 3 aliphatic carbocycles. The number of fused-ring (bicyclic) bond motifs is 5. The van der Waals surface area contributed by atoms with Gasteiger partial charge in [-0.25, -0.2) is 0 Å². The predicted octanol–water partition coefficient (Wildman–Crippen LogP) is 7.40. The molecule has 4 aromatic rings. The first-order chi connectivity index (χ1) is 16.7. The largest absolute Gasteiger partial charge is 0.0720 e. The highest BCUT2D eigenvalue weighted by Gasteiger charge is 2.31. The van der Waals surface area contributed by atoms with E-state index in [2.05, 4.69) is 122 Å².